The van der Waals surface area contributed by atoms with Crippen LogP contribution in [0.15, 0.2) is 5.03 Å². The van der Waals surface area contributed by atoms with Gasteiger partial charge in [0.15, 0.2) is 0 Å². The third-order valence-corrected chi connectivity index (χ3v) is 5.09. The molecule has 0 bridgehead atoms. The first-order valence-corrected chi connectivity index (χ1v) is 7.62. The zero-order chi connectivity index (χ0) is 14.2. The normalized spacial score (nSPS) is 12.7. The topological polar surface area (TPSA) is 52.1 Å². The Bertz CT molecular complexity index is 637. The van der Waals surface area contributed by atoms with Gasteiger partial charge >= 0.3 is 5.97 Å². The predicted molar refractivity (Wildman–Crippen MR) is 79.0 cm³/mol. The molecule has 0 saturated heterocycles. The second-order valence-electron chi connectivity index (χ2n) is 4.32. The van der Waals surface area contributed by atoms with Gasteiger partial charge in [0.2, 0.25) is 0 Å². The lowest BCUT2D eigenvalue weighted by molar-refractivity contribution is -0.139. The molecule has 0 aromatic carbocycles. The lowest BCUT2D eigenvalue weighted by Gasteiger charge is -2.10. The summed E-state index contributed by atoms with van der Waals surface area (Å²) in [4.78, 5) is 22.7. The van der Waals surface area contributed by atoms with Gasteiger partial charge in [0, 0.05) is 10.3 Å². The third-order valence-electron chi connectivity index (χ3n) is 2.93. The Morgan fingerprint density at radius 1 is 1.32 bits per heavy atom. The Hall–Kier alpha value is -1.14. The molecule has 4 nitrogen and oxygen atoms in total. The maximum Gasteiger partial charge on any atom is 0.318 e. The van der Waals surface area contributed by atoms with E-state index in [0.29, 0.717) is 0 Å². The Kier molecular flexibility index (Phi) is 4.10. The number of rotatable bonds is 3. The van der Waals surface area contributed by atoms with E-state index < -0.39 is 0 Å². The maximum absolute atomic E-state index is 11.5. The average Bonchev–Trinajstić information content (AvgIpc) is 2.63. The highest BCUT2D eigenvalue weighted by atomic mass is 32.2. The number of carbonyl (C=O) groups is 1. The van der Waals surface area contributed by atoms with Gasteiger partial charge in [-0.3, -0.25) is 4.79 Å². The number of hydrogen-bond donors (Lipinski definition) is 0. The summed E-state index contributed by atoms with van der Waals surface area (Å²) in [6.07, 6.45) is 0. The van der Waals surface area contributed by atoms with Gasteiger partial charge in [0.25, 0.3) is 0 Å². The van der Waals surface area contributed by atoms with Crippen molar-refractivity contribution in [2.45, 2.75) is 38.0 Å². The van der Waals surface area contributed by atoms with E-state index in [1.807, 2.05) is 13.8 Å². The number of nitrogens with zero attached hydrogens (tertiary/aromatic N) is 2. The summed E-state index contributed by atoms with van der Waals surface area (Å²) in [5.74, 6) is 0.493. The van der Waals surface area contributed by atoms with Crippen molar-refractivity contribution in [3.8, 4) is 0 Å². The van der Waals surface area contributed by atoms with Crippen molar-refractivity contribution >= 4 is 39.3 Å². The van der Waals surface area contributed by atoms with Crippen LogP contribution < -0.4 is 0 Å². The summed E-state index contributed by atoms with van der Waals surface area (Å²) in [5, 5.41) is 1.65. The zero-order valence-corrected chi connectivity index (χ0v) is 13.2. The standard InChI is InChI=1S/C13H16N2O2S2/c1-6-7(2)18-11-10(6)12(15-9(4)14-11)19-8(3)13(16)17-5/h8H,1-5H3/t8-/m0/s1. The number of aryl methyl sites for hydroxylation is 3. The van der Waals surface area contributed by atoms with Gasteiger partial charge in [-0.15, -0.1) is 11.3 Å². The van der Waals surface area contributed by atoms with Crippen molar-refractivity contribution in [1.82, 2.24) is 9.97 Å². The molecule has 2 aromatic heterocycles. The number of carbonyl (C=O) groups excluding carboxylic acids is 1. The van der Waals surface area contributed by atoms with Gasteiger partial charge in [-0.05, 0) is 33.3 Å². The third kappa shape index (κ3) is 2.74. The first-order chi connectivity index (χ1) is 8.93. The minimum atomic E-state index is -0.276. The molecule has 0 saturated carbocycles. The Balaban J connectivity index is 2.50. The minimum Gasteiger partial charge on any atom is -0.468 e. The van der Waals surface area contributed by atoms with Crippen LogP contribution in [0.2, 0.25) is 0 Å². The first-order valence-electron chi connectivity index (χ1n) is 5.93. The van der Waals surface area contributed by atoms with Gasteiger partial charge in [-0.2, -0.15) is 0 Å². The van der Waals surface area contributed by atoms with E-state index in [1.54, 1.807) is 11.3 Å². The van der Waals surface area contributed by atoms with E-state index in [-0.39, 0.29) is 11.2 Å². The van der Waals surface area contributed by atoms with Crippen LogP contribution in [0.3, 0.4) is 0 Å². The van der Waals surface area contributed by atoms with Crippen LogP contribution in [0.4, 0.5) is 0 Å². The molecule has 2 rings (SSSR count). The van der Waals surface area contributed by atoms with Gasteiger partial charge in [-0.25, -0.2) is 9.97 Å². The fraction of sp³-hybridized carbons (Fsp3) is 0.462. The van der Waals surface area contributed by atoms with E-state index in [2.05, 4.69) is 23.8 Å². The van der Waals surface area contributed by atoms with Crippen molar-refractivity contribution in [3.63, 3.8) is 0 Å². The summed E-state index contributed by atoms with van der Waals surface area (Å²) < 4.78 is 4.76. The molecule has 0 fully saturated rings. The molecule has 0 aliphatic carbocycles. The number of ether oxygens (including phenoxy) is 1. The molecule has 2 heterocycles. The smallest absolute Gasteiger partial charge is 0.318 e. The molecule has 102 valence electrons. The highest BCUT2D eigenvalue weighted by Gasteiger charge is 2.20. The Morgan fingerprint density at radius 2 is 2.00 bits per heavy atom. The SMILES string of the molecule is COC(=O)[C@H](C)Sc1nc(C)nc2sc(C)c(C)c12. The minimum absolute atomic E-state index is 0.237. The quantitative estimate of drug-likeness (QED) is 0.494. The molecule has 19 heavy (non-hydrogen) atoms. The molecule has 6 heteroatoms. The van der Waals surface area contributed by atoms with Crippen molar-refractivity contribution in [1.29, 1.82) is 0 Å². The molecular weight excluding hydrogens is 280 g/mol. The molecule has 1 atom stereocenters. The van der Waals surface area contributed by atoms with Crippen molar-refractivity contribution in [2.24, 2.45) is 0 Å². The highest BCUT2D eigenvalue weighted by Crippen LogP contribution is 2.36. The van der Waals surface area contributed by atoms with Gasteiger partial charge in [0.1, 0.15) is 20.9 Å². The second kappa shape index (κ2) is 5.46. The molecule has 0 aliphatic heterocycles. The summed E-state index contributed by atoms with van der Waals surface area (Å²) in [6.45, 7) is 7.85. The molecule has 0 N–H and O–H groups in total. The Morgan fingerprint density at radius 3 is 2.63 bits per heavy atom. The monoisotopic (exact) mass is 296 g/mol. The number of aromatic nitrogens is 2. The van der Waals surface area contributed by atoms with Crippen LogP contribution in [-0.4, -0.2) is 28.3 Å². The van der Waals surface area contributed by atoms with E-state index in [9.17, 15) is 4.79 Å². The van der Waals surface area contributed by atoms with E-state index in [1.165, 1.54) is 29.3 Å². The van der Waals surface area contributed by atoms with Gasteiger partial charge < -0.3 is 4.74 Å². The summed E-state index contributed by atoms with van der Waals surface area (Å²) in [7, 11) is 1.40. The van der Waals surface area contributed by atoms with Crippen LogP contribution in [0.1, 0.15) is 23.2 Å². The highest BCUT2D eigenvalue weighted by molar-refractivity contribution is 8.00. The molecule has 2 aromatic rings. The molecule has 0 radical (unpaired) electrons. The number of hydrogen-bond acceptors (Lipinski definition) is 6. The van der Waals surface area contributed by atoms with Crippen molar-refractivity contribution in [3.05, 3.63) is 16.3 Å². The van der Waals surface area contributed by atoms with Crippen LogP contribution in [0.25, 0.3) is 10.2 Å². The van der Waals surface area contributed by atoms with Gasteiger partial charge in [0.05, 0.1) is 7.11 Å². The molecule has 0 aliphatic rings. The predicted octanol–water partition coefficient (Wildman–Crippen LogP) is 3.27. The van der Waals surface area contributed by atoms with Crippen LogP contribution in [-0.2, 0) is 9.53 Å². The number of thioether (sulfide) groups is 1. The summed E-state index contributed by atoms with van der Waals surface area (Å²) in [5.41, 5.74) is 1.19. The lowest BCUT2D eigenvalue weighted by atomic mass is 10.2. The Labute approximate surface area is 120 Å². The van der Waals surface area contributed by atoms with Crippen LogP contribution in [0, 0.1) is 20.8 Å². The summed E-state index contributed by atoms with van der Waals surface area (Å²) >= 11 is 3.10. The molecule has 0 amide bonds. The first kappa shape index (κ1) is 14.3. The fourth-order valence-electron chi connectivity index (χ4n) is 1.78. The number of methoxy groups -OCH3 is 1. The van der Waals surface area contributed by atoms with E-state index >= 15 is 0 Å². The zero-order valence-electron chi connectivity index (χ0n) is 11.6. The van der Waals surface area contributed by atoms with Crippen molar-refractivity contribution < 1.29 is 9.53 Å². The van der Waals surface area contributed by atoms with Gasteiger partial charge in [-0.1, -0.05) is 11.8 Å². The van der Waals surface area contributed by atoms with E-state index in [4.69, 9.17) is 4.74 Å². The summed E-state index contributed by atoms with van der Waals surface area (Å²) in [6, 6.07) is 0. The molecule has 0 unspecified atom stereocenters. The largest absolute Gasteiger partial charge is 0.468 e. The lowest BCUT2D eigenvalue weighted by Crippen LogP contribution is -2.15. The average molecular weight is 296 g/mol. The maximum atomic E-state index is 11.5. The fourth-order valence-corrected chi connectivity index (χ4v) is 4.00. The van der Waals surface area contributed by atoms with Crippen LogP contribution in [0.5, 0.6) is 0 Å². The molecular formula is C13H16N2O2S2. The second-order valence-corrected chi connectivity index (χ2v) is 6.86. The van der Waals surface area contributed by atoms with Crippen LogP contribution >= 0.6 is 23.1 Å². The molecule has 0 spiro atoms. The van der Waals surface area contributed by atoms with E-state index in [0.717, 1.165) is 21.1 Å². The van der Waals surface area contributed by atoms with Crippen molar-refractivity contribution in [2.75, 3.05) is 7.11 Å². The number of esters is 1. The number of thiophene rings is 1. The number of fused-ring (bicyclic) bond motifs is 1.